The summed E-state index contributed by atoms with van der Waals surface area (Å²) in [6.45, 7) is 2.90. The molecule has 3 rings (SSSR count). The first-order chi connectivity index (χ1) is 15.3. The molecule has 0 unspecified atom stereocenters. The second kappa shape index (κ2) is 10.7. The first-order valence-electron chi connectivity index (χ1n) is 10.3. The van der Waals surface area contributed by atoms with E-state index in [1.807, 2.05) is 0 Å². The number of nitrogens with zero attached hydrogens (tertiary/aromatic N) is 2. The fourth-order valence-electron chi connectivity index (χ4n) is 3.21. The van der Waals surface area contributed by atoms with E-state index < -0.39 is 28.0 Å². The minimum atomic E-state index is -3.60. The van der Waals surface area contributed by atoms with E-state index in [4.69, 9.17) is 4.74 Å². The molecule has 0 aliphatic carbocycles. The van der Waals surface area contributed by atoms with Crippen molar-refractivity contribution in [3.05, 3.63) is 52.2 Å². The Bertz CT molecular complexity index is 1050. The molecule has 9 nitrogen and oxygen atoms in total. The molecule has 0 radical (unpaired) electrons. The Morgan fingerprint density at radius 2 is 1.75 bits per heavy atom. The molecule has 0 atom stereocenters. The van der Waals surface area contributed by atoms with Crippen LogP contribution in [0.25, 0.3) is 0 Å². The SMILES string of the molecule is CCCN(NC(=O)c1ccc(S(=O)(=O)N2CCCCC2)cc1)C(=O)OC(=O)c1ccsc1. The van der Waals surface area contributed by atoms with Crippen LogP contribution in [0.1, 0.15) is 53.3 Å². The molecule has 1 fully saturated rings. The first-order valence-corrected chi connectivity index (χ1v) is 12.7. The molecule has 32 heavy (non-hydrogen) atoms. The molecule has 1 saturated heterocycles. The molecular formula is C21H25N3O6S2. The monoisotopic (exact) mass is 479 g/mol. The van der Waals surface area contributed by atoms with Gasteiger partial charge in [-0.25, -0.2) is 23.0 Å². The molecule has 2 amide bonds. The van der Waals surface area contributed by atoms with Crippen molar-refractivity contribution in [3.63, 3.8) is 0 Å². The lowest BCUT2D eigenvalue weighted by molar-refractivity contribution is 0.0463. The van der Waals surface area contributed by atoms with Gasteiger partial charge in [-0.05, 0) is 55.0 Å². The van der Waals surface area contributed by atoms with Gasteiger partial charge in [0.15, 0.2) is 0 Å². The zero-order chi connectivity index (χ0) is 23.1. The molecular weight excluding hydrogens is 454 g/mol. The molecule has 1 aliphatic heterocycles. The van der Waals surface area contributed by atoms with Crippen molar-refractivity contribution in [3.8, 4) is 0 Å². The number of hydrogen-bond donors (Lipinski definition) is 1. The smallest absolute Gasteiger partial charge is 0.371 e. The van der Waals surface area contributed by atoms with Crippen LogP contribution in [0.15, 0.2) is 46.0 Å². The van der Waals surface area contributed by atoms with Gasteiger partial charge in [0.05, 0.1) is 10.5 Å². The molecule has 1 N–H and O–H groups in total. The molecule has 11 heteroatoms. The number of thiophene rings is 1. The fourth-order valence-corrected chi connectivity index (χ4v) is 5.35. The Labute approximate surface area is 191 Å². The van der Waals surface area contributed by atoms with E-state index in [-0.39, 0.29) is 22.6 Å². The predicted molar refractivity (Wildman–Crippen MR) is 119 cm³/mol. The zero-order valence-electron chi connectivity index (χ0n) is 17.7. The molecule has 172 valence electrons. The third-order valence-corrected chi connectivity index (χ3v) is 7.51. The highest BCUT2D eigenvalue weighted by Crippen LogP contribution is 2.21. The number of ether oxygens (including phenoxy) is 1. The van der Waals surface area contributed by atoms with Gasteiger partial charge >= 0.3 is 12.1 Å². The third kappa shape index (κ3) is 5.72. The Morgan fingerprint density at radius 1 is 1.06 bits per heavy atom. The predicted octanol–water partition coefficient (Wildman–Crippen LogP) is 3.26. The van der Waals surface area contributed by atoms with Gasteiger partial charge in [-0.15, -0.1) is 0 Å². The number of benzene rings is 1. The fraction of sp³-hybridized carbons (Fsp3) is 0.381. The van der Waals surface area contributed by atoms with Crippen LogP contribution >= 0.6 is 11.3 Å². The first kappa shape index (κ1) is 23.9. The number of rotatable bonds is 6. The Hall–Kier alpha value is -2.76. The van der Waals surface area contributed by atoms with Gasteiger partial charge in [0, 0.05) is 30.6 Å². The van der Waals surface area contributed by atoms with Crippen LogP contribution in [-0.2, 0) is 14.8 Å². The third-order valence-electron chi connectivity index (χ3n) is 4.91. The summed E-state index contributed by atoms with van der Waals surface area (Å²) in [7, 11) is -3.60. The van der Waals surface area contributed by atoms with E-state index in [2.05, 4.69) is 5.43 Å². The molecule has 0 spiro atoms. The van der Waals surface area contributed by atoms with Gasteiger partial charge in [0.1, 0.15) is 0 Å². The van der Waals surface area contributed by atoms with Crippen molar-refractivity contribution in [2.45, 2.75) is 37.5 Å². The van der Waals surface area contributed by atoms with Crippen LogP contribution in [0.2, 0.25) is 0 Å². The summed E-state index contributed by atoms with van der Waals surface area (Å²) in [5.41, 5.74) is 2.83. The van der Waals surface area contributed by atoms with E-state index in [9.17, 15) is 22.8 Å². The number of carbonyl (C=O) groups excluding carboxylic acids is 3. The van der Waals surface area contributed by atoms with Crippen molar-refractivity contribution in [2.24, 2.45) is 0 Å². The average Bonchev–Trinajstić information content (AvgIpc) is 3.34. The van der Waals surface area contributed by atoms with E-state index in [0.29, 0.717) is 19.5 Å². The van der Waals surface area contributed by atoms with E-state index in [1.54, 1.807) is 17.7 Å². The lowest BCUT2D eigenvalue weighted by Gasteiger charge is -2.26. The van der Waals surface area contributed by atoms with Crippen molar-refractivity contribution in [2.75, 3.05) is 19.6 Å². The van der Waals surface area contributed by atoms with Gasteiger partial charge in [-0.2, -0.15) is 15.6 Å². The standard InChI is InChI=1S/C21H25N3O6S2/c1-2-11-24(21(27)30-20(26)17-10-14-31-15-17)22-19(25)16-6-8-18(9-7-16)32(28,29)23-12-4-3-5-13-23/h6-10,14-15H,2-5,11-13H2,1H3,(H,22,25). The maximum atomic E-state index is 12.7. The number of esters is 1. The van der Waals surface area contributed by atoms with Gasteiger partial charge in [0.2, 0.25) is 10.0 Å². The van der Waals surface area contributed by atoms with Crippen LogP contribution in [-0.4, -0.2) is 55.3 Å². The van der Waals surface area contributed by atoms with Crippen molar-refractivity contribution < 1.29 is 27.5 Å². The number of hydrogen-bond acceptors (Lipinski definition) is 7. The topological polar surface area (TPSA) is 113 Å². The summed E-state index contributed by atoms with van der Waals surface area (Å²) in [5.74, 6) is -1.43. The number of hydrazine groups is 1. The van der Waals surface area contributed by atoms with Crippen molar-refractivity contribution in [1.29, 1.82) is 0 Å². The van der Waals surface area contributed by atoms with Crippen LogP contribution < -0.4 is 5.43 Å². The highest BCUT2D eigenvalue weighted by Gasteiger charge is 2.26. The number of piperidine rings is 1. The molecule has 0 bridgehead atoms. The maximum absolute atomic E-state index is 12.7. The summed E-state index contributed by atoms with van der Waals surface area (Å²) >= 11 is 1.29. The Morgan fingerprint density at radius 3 is 2.34 bits per heavy atom. The summed E-state index contributed by atoms with van der Waals surface area (Å²) in [4.78, 5) is 37.1. The van der Waals surface area contributed by atoms with Gasteiger partial charge in [-0.1, -0.05) is 13.3 Å². The Balaban J connectivity index is 1.66. The summed E-state index contributed by atoms with van der Waals surface area (Å²) < 4.78 is 31.8. The number of amides is 2. The molecule has 1 aliphatic rings. The van der Waals surface area contributed by atoms with Gasteiger partial charge in [-0.3, -0.25) is 10.2 Å². The molecule has 2 aromatic rings. The van der Waals surface area contributed by atoms with Crippen LogP contribution in [0, 0.1) is 0 Å². The van der Waals surface area contributed by atoms with E-state index >= 15 is 0 Å². The maximum Gasteiger partial charge on any atom is 0.436 e. The normalized spacial score (nSPS) is 14.5. The lowest BCUT2D eigenvalue weighted by Crippen LogP contribution is -2.47. The molecule has 1 aromatic carbocycles. The van der Waals surface area contributed by atoms with Gasteiger partial charge in [0.25, 0.3) is 5.91 Å². The minimum absolute atomic E-state index is 0.113. The Kier molecular flexibility index (Phi) is 7.99. The highest BCUT2D eigenvalue weighted by molar-refractivity contribution is 7.89. The lowest BCUT2D eigenvalue weighted by atomic mass is 10.2. The second-order valence-electron chi connectivity index (χ2n) is 7.25. The van der Waals surface area contributed by atoms with Crippen LogP contribution in [0.4, 0.5) is 4.79 Å². The average molecular weight is 480 g/mol. The quantitative estimate of drug-likeness (QED) is 0.387. The van der Waals surface area contributed by atoms with E-state index in [1.165, 1.54) is 46.0 Å². The largest absolute Gasteiger partial charge is 0.436 e. The zero-order valence-corrected chi connectivity index (χ0v) is 19.3. The summed E-state index contributed by atoms with van der Waals surface area (Å²) in [6, 6.07) is 7.06. The van der Waals surface area contributed by atoms with Crippen molar-refractivity contribution >= 4 is 39.3 Å². The molecule has 0 saturated carbocycles. The van der Waals surface area contributed by atoms with Crippen LogP contribution in [0.3, 0.4) is 0 Å². The number of sulfonamides is 1. The number of carbonyl (C=O) groups is 3. The number of nitrogens with one attached hydrogen (secondary N) is 1. The van der Waals surface area contributed by atoms with Gasteiger partial charge < -0.3 is 4.74 Å². The second-order valence-corrected chi connectivity index (χ2v) is 9.97. The summed E-state index contributed by atoms with van der Waals surface area (Å²) in [5, 5.41) is 4.16. The van der Waals surface area contributed by atoms with E-state index in [0.717, 1.165) is 24.3 Å². The van der Waals surface area contributed by atoms with Crippen molar-refractivity contribution in [1.82, 2.24) is 14.7 Å². The molecule has 1 aromatic heterocycles. The summed E-state index contributed by atoms with van der Waals surface area (Å²) in [6.07, 6.45) is 2.19. The minimum Gasteiger partial charge on any atom is -0.371 e. The molecule has 2 heterocycles. The highest BCUT2D eigenvalue weighted by atomic mass is 32.2. The van der Waals surface area contributed by atoms with Crippen LogP contribution in [0.5, 0.6) is 0 Å².